The zero-order valence-corrected chi connectivity index (χ0v) is 20.7. The molecular formula is C25H21BrF2N4O3. The van der Waals surface area contributed by atoms with Gasteiger partial charge in [0.05, 0.1) is 17.1 Å². The van der Waals surface area contributed by atoms with Crippen molar-refractivity contribution in [3.05, 3.63) is 98.4 Å². The third-order valence-corrected chi connectivity index (χ3v) is 5.90. The first-order valence-electron chi connectivity index (χ1n) is 10.6. The van der Waals surface area contributed by atoms with Crippen molar-refractivity contribution in [2.24, 2.45) is 0 Å². The van der Waals surface area contributed by atoms with Crippen LogP contribution < -0.4 is 10.3 Å². The van der Waals surface area contributed by atoms with Crippen molar-refractivity contribution in [3.63, 3.8) is 0 Å². The fourth-order valence-corrected chi connectivity index (χ4v) is 3.80. The first-order valence-corrected chi connectivity index (χ1v) is 11.4. The average Bonchev–Trinajstić information content (AvgIpc) is 2.81. The zero-order valence-electron chi connectivity index (χ0n) is 19.1. The van der Waals surface area contributed by atoms with Crippen LogP contribution in [0.4, 0.5) is 8.78 Å². The van der Waals surface area contributed by atoms with Crippen molar-refractivity contribution in [1.29, 1.82) is 0 Å². The van der Waals surface area contributed by atoms with E-state index in [1.54, 1.807) is 51.2 Å². The quantitative estimate of drug-likeness (QED) is 0.374. The Balaban J connectivity index is 1.67. The van der Waals surface area contributed by atoms with Crippen LogP contribution in [0.3, 0.4) is 0 Å². The molecule has 0 spiro atoms. The molecule has 3 heterocycles. The predicted octanol–water partition coefficient (Wildman–Crippen LogP) is 4.85. The highest BCUT2D eigenvalue weighted by atomic mass is 79.9. The first kappa shape index (κ1) is 24.6. The molecule has 0 saturated carbocycles. The maximum Gasteiger partial charge on any atom is 0.273 e. The Morgan fingerprint density at radius 3 is 2.51 bits per heavy atom. The molecule has 0 atom stereocenters. The Morgan fingerprint density at radius 1 is 1.06 bits per heavy atom. The molecule has 0 aliphatic carbocycles. The summed E-state index contributed by atoms with van der Waals surface area (Å²) < 4.78 is 34.4. The Labute approximate surface area is 208 Å². The van der Waals surface area contributed by atoms with E-state index in [2.05, 4.69) is 30.9 Å². The van der Waals surface area contributed by atoms with Crippen molar-refractivity contribution in [3.8, 4) is 22.8 Å². The molecule has 180 valence electrons. The second kappa shape index (κ2) is 9.63. The molecule has 10 heteroatoms. The van der Waals surface area contributed by atoms with Gasteiger partial charge in [-0.05, 0) is 67.0 Å². The van der Waals surface area contributed by atoms with Crippen LogP contribution in [0.1, 0.15) is 30.9 Å². The lowest BCUT2D eigenvalue weighted by Gasteiger charge is -2.16. The lowest BCUT2D eigenvalue weighted by atomic mass is 10.1. The van der Waals surface area contributed by atoms with Gasteiger partial charge in [0.15, 0.2) is 5.82 Å². The number of aryl methyl sites for hydroxylation is 1. The third-order valence-electron chi connectivity index (χ3n) is 5.17. The van der Waals surface area contributed by atoms with Gasteiger partial charge in [0.1, 0.15) is 34.1 Å². The first-order chi connectivity index (χ1) is 16.5. The summed E-state index contributed by atoms with van der Waals surface area (Å²) in [5.41, 5.74) is 0.627. The summed E-state index contributed by atoms with van der Waals surface area (Å²) in [5.74, 6) is -0.932. The minimum absolute atomic E-state index is 0.148. The predicted molar refractivity (Wildman–Crippen MR) is 129 cm³/mol. The van der Waals surface area contributed by atoms with E-state index in [1.165, 1.54) is 16.8 Å². The standard InChI is InChI=1S/C25H21BrF2N4O3/c1-14-10-21(35-13-15-4-5-16(27)11-18(15)28)22(26)23(33)32(14)17-6-8-29-20(12-17)19-7-9-30-24(31-19)25(2,3)34/h4-12,34H,13H2,1-3H3. The molecule has 0 fully saturated rings. The lowest BCUT2D eigenvalue weighted by molar-refractivity contribution is 0.0688. The molecule has 1 N–H and O–H groups in total. The highest BCUT2D eigenvalue weighted by Crippen LogP contribution is 2.27. The molecule has 0 aliphatic rings. The fourth-order valence-electron chi connectivity index (χ4n) is 3.40. The van der Waals surface area contributed by atoms with E-state index in [0.717, 1.165) is 12.1 Å². The molecule has 0 aliphatic heterocycles. The van der Waals surface area contributed by atoms with Crippen LogP contribution in [0.25, 0.3) is 17.1 Å². The van der Waals surface area contributed by atoms with E-state index < -0.39 is 22.8 Å². The summed E-state index contributed by atoms with van der Waals surface area (Å²) in [6.45, 7) is 4.73. The monoisotopic (exact) mass is 542 g/mol. The number of aromatic nitrogens is 4. The van der Waals surface area contributed by atoms with Crippen molar-refractivity contribution in [2.45, 2.75) is 33.0 Å². The smallest absolute Gasteiger partial charge is 0.273 e. The second-order valence-electron chi connectivity index (χ2n) is 8.35. The van der Waals surface area contributed by atoms with Crippen LogP contribution in [0.15, 0.2) is 64.1 Å². The van der Waals surface area contributed by atoms with Gasteiger partial charge in [-0.2, -0.15) is 0 Å². The van der Waals surface area contributed by atoms with Gasteiger partial charge in [-0.15, -0.1) is 0 Å². The number of ether oxygens (including phenoxy) is 1. The van der Waals surface area contributed by atoms with Crippen molar-refractivity contribution in [2.75, 3.05) is 0 Å². The number of hydrogen-bond donors (Lipinski definition) is 1. The molecule has 35 heavy (non-hydrogen) atoms. The van der Waals surface area contributed by atoms with Crippen LogP contribution >= 0.6 is 15.9 Å². The molecule has 0 unspecified atom stereocenters. The fraction of sp³-hybridized carbons (Fsp3) is 0.200. The number of halogens is 3. The van der Waals surface area contributed by atoms with Crippen molar-refractivity contribution >= 4 is 15.9 Å². The van der Waals surface area contributed by atoms with Crippen molar-refractivity contribution < 1.29 is 18.6 Å². The lowest BCUT2D eigenvalue weighted by Crippen LogP contribution is -2.22. The Bertz CT molecular complexity index is 1470. The largest absolute Gasteiger partial charge is 0.487 e. The molecule has 4 rings (SSSR count). The average molecular weight is 543 g/mol. The Kier molecular flexibility index (Phi) is 6.77. The van der Waals surface area contributed by atoms with Gasteiger partial charge >= 0.3 is 0 Å². The summed E-state index contributed by atoms with van der Waals surface area (Å²) in [6, 6.07) is 9.90. The van der Waals surface area contributed by atoms with E-state index in [-0.39, 0.29) is 28.2 Å². The summed E-state index contributed by atoms with van der Waals surface area (Å²) in [5, 5.41) is 10.2. The molecule has 0 bridgehead atoms. The summed E-state index contributed by atoms with van der Waals surface area (Å²) in [6.07, 6.45) is 3.09. The van der Waals surface area contributed by atoms with Gasteiger partial charge in [0, 0.05) is 35.8 Å². The van der Waals surface area contributed by atoms with Gasteiger partial charge in [0.2, 0.25) is 0 Å². The molecular weight excluding hydrogens is 522 g/mol. The Hall–Kier alpha value is -3.50. The zero-order chi connectivity index (χ0) is 25.3. The van der Waals surface area contributed by atoms with Gasteiger partial charge in [0.25, 0.3) is 5.56 Å². The van der Waals surface area contributed by atoms with E-state index >= 15 is 0 Å². The third kappa shape index (κ3) is 5.28. The number of rotatable bonds is 6. The SMILES string of the molecule is Cc1cc(OCc2ccc(F)cc2F)c(Br)c(=O)n1-c1ccnc(-c2ccnc(C(C)(C)O)n2)c1. The van der Waals surface area contributed by atoms with E-state index in [0.29, 0.717) is 22.8 Å². The summed E-state index contributed by atoms with van der Waals surface area (Å²) in [7, 11) is 0. The Morgan fingerprint density at radius 2 is 1.80 bits per heavy atom. The normalized spacial score (nSPS) is 11.5. The topological polar surface area (TPSA) is 90.1 Å². The molecule has 0 amide bonds. The molecule has 3 aromatic heterocycles. The van der Waals surface area contributed by atoms with Crippen LogP contribution in [0, 0.1) is 18.6 Å². The number of benzene rings is 1. The minimum Gasteiger partial charge on any atom is -0.487 e. The maximum atomic E-state index is 13.9. The number of hydrogen-bond acceptors (Lipinski definition) is 6. The molecule has 4 aromatic rings. The van der Waals surface area contributed by atoms with Crippen LogP contribution in [-0.4, -0.2) is 24.6 Å². The molecule has 0 radical (unpaired) electrons. The molecule has 0 saturated heterocycles. The van der Waals surface area contributed by atoms with E-state index in [4.69, 9.17) is 4.74 Å². The highest BCUT2D eigenvalue weighted by molar-refractivity contribution is 9.10. The van der Waals surface area contributed by atoms with Gasteiger partial charge < -0.3 is 9.84 Å². The van der Waals surface area contributed by atoms with Crippen LogP contribution in [-0.2, 0) is 12.2 Å². The molecule has 7 nitrogen and oxygen atoms in total. The second-order valence-corrected chi connectivity index (χ2v) is 9.15. The number of nitrogens with zero attached hydrogens (tertiary/aromatic N) is 4. The van der Waals surface area contributed by atoms with Crippen LogP contribution in [0.5, 0.6) is 5.75 Å². The van der Waals surface area contributed by atoms with E-state index in [1.807, 2.05) is 0 Å². The van der Waals surface area contributed by atoms with Gasteiger partial charge in [-0.25, -0.2) is 18.7 Å². The summed E-state index contributed by atoms with van der Waals surface area (Å²) in [4.78, 5) is 26.1. The molecule has 1 aromatic carbocycles. The number of aliphatic hydroxyl groups is 1. The van der Waals surface area contributed by atoms with Crippen molar-refractivity contribution in [1.82, 2.24) is 19.5 Å². The van der Waals surface area contributed by atoms with E-state index in [9.17, 15) is 18.7 Å². The minimum atomic E-state index is -1.22. The highest BCUT2D eigenvalue weighted by Gasteiger charge is 2.21. The maximum absolute atomic E-state index is 13.9. The van der Waals surface area contributed by atoms with Crippen LogP contribution in [0.2, 0.25) is 0 Å². The van der Waals surface area contributed by atoms with Gasteiger partial charge in [-0.1, -0.05) is 0 Å². The summed E-state index contributed by atoms with van der Waals surface area (Å²) >= 11 is 3.28. The number of pyridine rings is 2. The van der Waals surface area contributed by atoms with Gasteiger partial charge in [-0.3, -0.25) is 14.3 Å².